The van der Waals surface area contributed by atoms with Gasteiger partial charge in [-0.2, -0.15) is 0 Å². The van der Waals surface area contributed by atoms with Crippen LogP contribution in [0.2, 0.25) is 0 Å². The van der Waals surface area contributed by atoms with Gasteiger partial charge >= 0.3 is 0 Å². The average Bonchev–Trinajstić information content (AvgIpc) is 2.41. The lowest BCUT2D eigenvalue weighted by Crippen LogP contribution is -2.04. The van der Waals surface area contributed by atoms with Crippen LogP contribution in [0.25, 0.3) is 0 Å². The number of ketones is 1. The molecule has 1 aromatic rings. The second kappa shape index (κ2) is 4.13. The van der Waals surface area contributed by atoms with Crippen LogP contribution in [0.15, 0.2) is 18.3 Å². The zero-order valence-corrected chi connectivity index (χ0v) is 9.09. The van der Waals surface area contributed by atoms with Gasteiger partial charge in [0.25, 0.3) is 0 Å². The van der Waals surface area contributed by atoms with E-state index in [0.717, 1.165) is 11.3 Å². The van der Waals surface area contributed by atoms with Crippen molar-refractivity contribution >= 4 is 5.78 Å². The molecular formula is C11H16N2O. The van der Waals surface area contributed by atoms with Gasteiger partial charge < -0.3 is 9.88 Å². The van der Waals surface area contributed by atoms with Gasteiger partial charge in [-0.25, -0.2) is 0 Å². The van der Waals surface area contributed by atoms with E-state index in [2.05, 4.69) is 4.98 Å². The van der Waals surface area contributed by atoms with Gasteiger partial charge in [0, 0.05) is 32.1 Å². The second-order valence-corrected chi connectivity index (χ2v) is 3.65. The Morgan fingerprint density at radius 1 is 1.43 bits per heavy atom. The first-order valence-corrected chi connectivity index (χ1v) is 4.56. The van der Waals surface area contributed by atoms with Gasteiger partial charge in [-0.15, -0.1) is 0 Å². The third kappa shape index (κ3) is 2.49. The number of aromatic amines is 1. The van der Waals surface area contributed by atoms with Crippen LogP contribution < -0.4 is 0 Å². The molecule has 76 valence electrons. The summed E-state index contributed by atoms with van der Waals surface area (Å²) < 4.78 is 0. The molecule has 3 nitrogen and oxygen atoms in total. The summed E-state index contributed by atoms with van der Waals surface area (Å²) >= 11 is 0. The third-order valence-corrected chi connectivity index (χ3v) is 1.92. The highest BCUT2D eigenvalue weighted by Gasteiger charge is 2.07. The van der Waals surface area contributed by atoms with E-state index < -0.39 is 0 Å². The monoisotopic (exact) mass is 192 g/mol. The molecule has 0 fully saturated rings. The quantitative estimate of drug-likeness (QED) is 0.586. The highest BCUT2D eigenvalue weighted by Crippen LogP contribution is 2.09. The Labute approximate surface area is 84.4 Å². The van der Waals surface area contributed by atoms with E-state index in [-0.39, 0.29) is 5.78 Å². The molecule has 0 radical (unpaired) electrons. The molecule has 1 rings (SSSR count). The van der Waals surface area contributed by atoms with Crippen molar-refractivity contribution in [2.45, 2.75) is 13.8 Å². The highest BCUT2D eigenvalue weighted by atomic mass is 16.1. The lowest BCUT2D eigenvalue weighted by atomic mass is 10.2. The fraction of sp³-hybridized carbons (Fsp3) is 0.364. The summed E-state index contributed by atoms with van der Waals surface area (Å²) in [6.07, 6.45) is 3.32. The van der Waals surface area contributed by atoms with Crippen molar-refractivity contribution in [3.8, 4) is 0 Å². The van der Waals surface area contributed by atoms with E-state index >= 15 is 0 Å². The molecule has 3 heteroatoms. The van der Waals surface area contributed by atoms with E-state index in [0.29, 0.717) is 5.69 Å². The fourth-order valence-electron chi connectivity index (χ4n) is 1.28. The summed E-state index contributed by atoms with van der Waals surface area (Å²) in [7, 11) is 3.77. The van der Waals surface area contributed by atoms with Crippen LogP contribution in [-0.4, -0.2) is 29.8 Å². The van der Waals surface area contributed by atoms with Crippen LogP contribution >= 0.6 is 0 Å². The van der Waals surface area contributed by atoms with Crippen LogP contribution in [0.1, 0.15) is 21.7 Å². The topological polar surface area (TPSA) is 36.1 Å². The van der Waals surface area contributed by atoms with Crippen molar-refractivity contribution in [1.29, 1.82) is 0 Å². The summed E-state index contributed by atoms with van der Waals surface area (Å²) in [5.74, 6) is 0.0179. The van der Waals surface area contributed by atoms with Gasteiger partial charge in [0.15, 0.2) is 0 Å². The van der Waals surface area contributed by atoms with Gasteiger partial charge in [0.2, 0.25) is 5.78 Å². The molecule has 0 aliphatic rings. The van der Waals surface area contributed by atoms with Gasteiger partial charge in [-0.05, 0) is 25.5 Å². The SMILES string of the molecule is Cc1cc(C)c(C(=O)/C=C/N(C)C)[nH]1. The standard InChI is InChI=1S/C11H16N2O/c1-8-7-9(2)12-11(8)10(14)5-6-13(3)4/h5-7,12H,1-4H3/b6-5+. The molecule has 0 unspecified atom stereocenters. The van der Waals surface area contributed by atoms with Gasteiger partial charge in [-0.1, -0.05) is 0 Å². The number of aromatic nitrogens is 1. The number of nitrogens with zero attached hydrogens (tertiary/aromatic N) is 1. The van der Waals surface area contributed by atoms with Crippen LogP contribution in [0.3, 0.4) is 0 Å². The molecule has 1 N–H and O–H groups in total. The first-order chi connectivity index (χ1) is 6.50. The van der Waals surface area contributed by atoms with E-state index in [1.807, 2.05) is 38.9 Å². The molecule has 0 saturated carbocycles. The Hall–Kier alpha value is -1.51. The minimum Gasteiger partial charge on any atom is -0.383 e. The number of aryl methyl sites for hydroxylation is 2. The maximum Gasteiger partial charge on any atom is 0.203 e. The van der Waals surface area contributed by atoms with Crippen LogP contribution in [0.5, 0.6) is 0 Å². The summed E-state index contributed by atoms with van der Waals surface area (Å²) in [5, 5.41) is 0. The Morgan fingerprint density at radius 3 is 2.50 bits per heavy atom. The van der Waals surface area contributed by atoms with E-state index in [1.165, 1.54) is 0 Å². The fourth-order valence-corrected chi connectivity index (χ4v) is 1.28. The van der Waals surface area contributed by atoms with Crippen molar-refractivity contribution < 1.29 is 4.79 Å². The predicted octanol–water partition coefficient (Wildman–Crippen LogP) is 1.89. The van der Waals surface area contributed by atoms with Gasteiger partial charge in [-0.3, -0.25) is 4.79 Å². The average molecular weight is 192 g/mol. The van der Waals surface area contributed by atoms with Crippen LogP contribution in [0.4, 0.5) is 0 Å². The zero-order valence-electron chi connectivity index (χ0n) is 9.09. The molecule has 0 saturated heterocycles. The molecule has 0 spiro atoms. The largest absolute Gasteiger partial charge is 0.383 e. The highest BCUT2D eigenvalue weighted by molar-refractivity contribution is 6.04. The third-order valence-electron chi connectivity index (χ3n) is 1.92. The molecule has 0 aliphatic carbocycles. The van der Waals surface area contributed by atoms with Crippen molar-refractivity contribution in [1.82, 2.24) is 9.88 Å². The number of allylic oxidation sites excluding steroid dienone is 1. The smallest absolute Gasteiger partial charge is 0.203 e. The molecule has 0 aliphatic heterocycles. The summed E-state index contributed by atoms with van der Waals surface area (Å²) in [6, 6.07) is 1.97. The molecule has 0 aromatic carbocycles. The number of carbonyl (C=O) groups is 1. The maximum absolute atomic E-state index is 11.6. The molecule has 0 bridgehead atoms. The Morgan fingerprint density at radius 2 is 2.07 bits per heavy atom. The van der Waals surface area contributed by atoms with E-state index in [9.17, 15) is 4.79 Å². The summed E-state index contributed by atoms with van der Waals surface area (Å²) in [6.45, 7) is 3.87. The molecule has 14 heavy (non-hydrogen) atoms. The number of carbonyl (C=O) groups excluding carboxylic acids is 1. The first-order valence-electron chi connectivity index (χ1n) is 4.56. The van der Waals surface area contributed by atoms with Crippen LogP contribution in [0, 0.1) is 13.8 Å². The maximum atomic E-state index is 11.6. The van der Waals surface area contributed by atoms with Gasteiger partial charge in [0.1, 0.15) is 0 Å². The number of rotatable bonds is 3. The number of hydrogen-bond acceptors (Lipinski definition) is 2. The lowest BCUT2D eigenvalue weighted by Gasteiger charge is -2.02. The van der Waals surface area contributed by atoms with E-state index in [4.69, 9.17) is 0 Å². The predicted molar refractivity (Wildman–Crippen MR) is 57.4 cm³/mol. The number of hydrogen-bond donors (Lipinski definition) is 1. The Balaban J connectivity index is 2.85. The first kappa shape index (κ1) is 10.6. The Bertz CT molecular complexity index is 361. The summed E-state index contributed by atoms with van der Waals surface area (Å²) in [5.41, 5.74) is 2.70. The molecule has 1 heterocycles. The summed E-state index contributed by atoms with van der Waals surface area (Å²) in [4.78, 5) is 16.5. The molecule has 0 amide bonds. The van der Waals surface area contributed by atoms with Crippen LogP contribution in [-0.2, 0) is 0 Å². The molecule has 0 atom stereocenters. The number of nitrogens with one attached hydrogen (secondary N) is 1. The van der Waals surface area contributed by atoms with Crippen molar-refractivity contribution in [2.24, 2.45) is 0 Å². The van der Waals surface area contributed by atoms with Gasteiger partial charge in [0.05, 0.1) is 5.69 Å². The van der Waals surface area contributed by atoms with E-state index in [1.54, 1.807) is 12.3 Å². The minimum absolute atomic E-state index is 0.0179. The Kier molecular flexibility index (Phi) is 3.12. The minimum atomic E-state index is 0.0179. The zero-order chi connectivity index (χ0) is 10.7. The normalized spacial score (nSPS) is 10.9. The van der Waals surface area contributed by atoms with Crippen molar-refractivity contribution in [3.05, 3.63) is 35.3 Å². The second-order valence-electron chi connectivity index (χ2n) is 3.65. The molecule has 1 aromatic heterocycles. The lowest BCUT2D eigenvalue weighted by molar-refractivity contribution is 0.104. The molecular weight excluding hydrogens is 176 g/mol. The van der Waals surface area contributed by atoms with Crippen molar-refractivity contribution in [3.63, 3.8) is 0 Å². The van der Waals surface area contributed by atoms with Crippen molar-refractivity contribution in [2.75, 3.05) is 14.1 Å². The number of H-pyrrole nitrogens is 1.